The standard InChI is InChI=1S/C7H8N2O2/c1-5-6(4-10)3-8-7(9-5)11-2/h3-4H,1-2H3. The van der Waals surface area contributed by atoms with Gasteiger partial charge in [-0.3, -0.25) is 4.79 Å². The largest absolute Gasteiger partial charge is 0.467 e. The lowest BCUT2D eigenvalue weighted by Crippen LogP contribution is -1.97. The second kappa shape index (κ2) is 3.09. The van der Waals surface area contributed by atoms with Crippen LogP contribution in [0.2, 0.25) is 0 Å². The molecule has 1 heterocycles. The summed E-state index contributed by atoms with van der Waals surface area (Å²) in [5.41, 5.74) is 1.12. The Morgan fingerprint density at radius 1 is 1.64 bits per heavy atom. The van der Waals surface area contributed by atoms with E-state index in [-0.39, 0.29) is 6.01 Å². The van der Waals surface area contributed by atoms with Gasteiger partial charge in [0.15, 0.2) is 6.29 Å². The summed E-state index contributed by atoms with van der Waals surface area (Å²) in [6.45, 7) is 1.73. The molecule has 1 rings (SSSR count). The van der Waals surface area contributed by atoms with E-state index in [1.54, 1.807) is 6.92 Å². The molecule has 0 saturated heterocycles. The van der Waals surface area contributed by atoms with Crippen LogP contribution in [0.25, 0.3) is 0 Å². The van der Waals surface area contributed by atoms with E-state index in [1.807, 2.05) is 0 Å². The lowest BCUT2D eigenvalue weighted by atomic mass is 10.3. The fourth-order valence-electron chi connectivity index (χ4n) is 0.669. The van der Waals surface area contributed by atoms with Crippen molar-refractivity contribution in [1.82, 2.24) is 9.97 Å². The van der Waals surface area contributed by atoms with E-state index in [1.165, 1.54) is 13.3 Å². The van der Waals surface area contributed by atoms with Crippen LogP contribution in [0.15, 0.2) is 6.20 Å². The summed E-state index contributed by atoms with van der Waals surface area (Å²) in [5.74, 6) is 0. The van der Waals surface area contributed by atoms with E-state index < -0.39 is 0 Å². The zero-order valence-corrected chi connectivity index (χ0v) is 6.37. The summed E-state index contributed by atoms with van der Waals surface area (Å²) in [7, 11) is 1.48. The van der Waals surface area contributed by atoms with Gasteiger partial charge >= 0.3 is 6.01 Å². The number of carbonyl (C=O) groups excluding carboxylic acids is 1. The Hall–Kier alpha value is -1.45. The van der Waals surface area contributed by atoms with Crippen LogP contribution in [0.4, 0.5) is 0 Å². The Labute approximate surface area is 64.2 Å². The van der Waals surface area contributed by atoms with Crippen LogP contribution in [0.3, 0.4) is 0 Å². The van der Waals surface area contributed by atoms with E-state index >= 15 is 0 Å². The van der Waals surface area contributed by atoms with Crippen LogP contribution in [-0.4, -0.2) is 23.4 Å². The predicted molar refractivity (Wildman–Crippen MR) is 38.7 cm³/mol. The minimum absolute atomic E-state index is 0.285. The summed E-state index contributed by atoms with van der Waals surface area (Å²) in [4.78, 5) is 18.0. The molecule has 11 heavy (non-hydrogen) atoms. The molecule has 0 bridgehead atoms. The molecule has 58 valence electrons. The van der Waals surface area contributed by atoms with Crippen LogP contribution in [0, 0.1) is 6.92 Å². The number of hydrogen-bond donors (Lipinski definition) is 0. The smallest absolute Gasteiger partial charge is 0.316 e. The van der Waals surface area contributed by atoms with Crippen molar-refractivity contribution in [2.75, 3.05) is 7.11 Å². The first-order valence-electron chi connectivity index (χ1n) is 3.10. The van der Waals surface area contributed by atoms with Gasteiger partial charge in [-0.15, -0.1) is 0 Å². The molecule has 4 heteroatoms. The topological polar surface area (TPSA) is 52.1 Å². The van der Waals surface area contributed by atoms with Gasteiger partial charge < -0.3 is 4.74 Å². The van der Waals surface area contributed by atoms with Crippen molar-refractivity contribution in [3.63, 3.8) is 0 Å². The molecule has 1 aromatic heterocycles. The Kier molecular flexibility index (Phi) is 2.15. The monoisotopic (exact) mass is 152 g/mol. The molecule has 4 nitrogen and oxygen atoms in total. The molecule has 0 saturated carbocycles. The molecule has 0 radical (unpaired) electrons. The molecule has 0 aromatic carbocycles. The molecule has 0 amide bonds. The van der Waals surface area contributed by atoms with Crippen LogP contribution in [0.1, 0.15) is 16.1 Å². The summed E-state index contributed by atoms with van der Waals surface area (Å²) >= 11 is 0. The highest BCUT2D eigenvalue weighted by molar-refractivity contribution is 5.75. The van der Waals surface area contributed by atoms with E-state index in [0.717, 1.165) is 6.29 Å². The number of ether oxygens (including phenoxy) is 1. The maximum absolute atomic E-state index is 10.3. The van der Waals surface area contributed by atoms with Crippen LogP contribution in [0.5, 0.6) is 6.01 Å². The number of carbonyl (C=O) groups is 1. The molecule has 0 fully saturated rings. The molecular weight excluding hydrogens is 144 g/mol. The van der Waals surface area contributed by atoms with Crippen molar-refractivity contribution >= 4 is 6.29 Å². The van der Waals surface area contributed by atoms with Gasteiger partial charge in [0, 0.05) is 6.20 Å². The Bertz CT molecular complexity index is 273. The van der Waals surface area contributed by atoms with Crippen LogP contribution < -0.4 is 4.74 Å². The Balaban J connectivity index is 3.09. The third kappa shape index (κ3) is 1.52. The fourth-order valence-corrected chi connectivity index (χ4v) is 0.669. The number of aldehydes is 1. The first-order chi connectivity index (χ1) is 5.27. The first-order valence-corrected chi connectivity index (χ1v) is 3.10. The quantitative estimate of drug-likeness (QED) is 0.582. The third-order valence-electron chi connectivity index (χ3n) is 1.30. The maximum atomic E-state index is 10.3. The summed E-state index contributed by atoms with van der Waals surface area (Å²) in [6, 6.07) is 0.285. The van der Waals surface area contributed by atoms with E-state index in [0.29, 0.717) is 11.3 Å². The average molecular weight is 152 g/mol. The first kappa shape index (κ1) is 7.65. The second-order valence-electron chi connectivity index (χ2n) is 2.02. The van der Waals surface area contributed by atoms with Crippen molar-refractivity contribution in [1.29, 1.82) is 0 Å². The van der Waals surface area contributed by atoms with Crippen LogP contribution >= 0.6 is 0 Å². The lowest BCUT2D eigenvalue weighted by molar-refractivity contribution is 0.112. The molecule has 0 aliphatic carbocycles. The molecular formula is C7H8N2O2. The SMILES string of the molecule is COc1ncc(C=O)c(C)n1. The van der Waals surface area contributed by atoms with Gasteiger partial charge in [0.1, 0.15) is 0 Å². The Morgan fingerprint density at radius 3 is 2.82 bits per heavy atom. The van der Waals surface area contributed by atoms with Crippen LogP contribution in [-0.2, 0) is 0 Å². The van der Waals surface area contributed by atoms with Gasteiger partial charge in [-0.05, 0) is 6.92 Å². The molecule has 0 spiro atoms. The number of aromatic nitrogens is 2. The van der Waals surface area contributed by atoms with Gasteiger partial charge in [0.25, 0.3) is 0 Å². The van der Waals surface area contributed by atoms with Crippen molar-refractivity contribution in [2.45, 2.75) is 6.92 Å². The molecule has 0 atom stereocenters. The molecule has 0 N–H and O–H groups in total. The van der Waals surface area contributed by atoms with Gasteiger partial charge in [-0.2, -0.15) is 4.98 Å². The van der Waals surface area contributed by atoms with Gasteiger partial charge in [0.05, 0.1) is 18.4 Å². The maximum Gasteiger partial charge on any atom is 0.316 e. The number of hydrogen-bond acceptors (Lipinski definition) is 4. The number of aryl methyl sites for hydroxylation is 1. The molecule has 0 unspecified atom stereocenters. The highest BCUT2D eigenvalue weighted by Gasteiger charge is 2.00. The van der Waals surface area contributed by atoms with Crippen molar-refractivity contribution in [3.8, 4) is 6.01 Å². The highest BCUT2D eigenvalue weighted by Crippen LogP contribution is 2.04. The normalized spacial score (nSPS) is 9.27. The fraction of sp³-hybridized carbons (Fsp3) is 0.286. The minimum atomic E-state index is 0.285. The zero-order chi connectivity index (χ0) is 8.27. The summed E-state index contributed by atoms with van der Waals surface area (Å²) < 4.78 is 4.76. The minimum Gasteiger partial charge on any atom is -0.467 e. The van der Waals surface area contributed by atoms with Gasteiger partial charge in [-0.1, -0.05) is 0 Å². The molecule has 0 aliphatic rings. The highest BCUT2D eigenvalue weighted by atomic mass is 16.5. The van der Waals surface area contributed by atoms with Gasteiger partial charge in [0.2, 0.25) is 0 Å². The van der Waals surface area contributed by atoms with E-state index in [4.69, 9.17) is 4.74 Å². The third-order valence-corrected chi connectivity index (χ3v) is 1.30. The second-order valence-corrected chi connectivity index (χ2v) is 2.02. The lowest BCUT2D eigenvalue weighted by Gasteiger charge is -1.98. The predicted octanol–water partition coefficient (Wildman–Crippen LogP) is 0.606. The number of rotatable bonds is 2. The van der Waals surface area contributed by atoms with Gasteiger partial charge in [-0.25, -0.2) is 4.98 Å². The summed E-state index contributed by atoms with van der Waals surface area (Å²) in [5, 5.41) is 0. The number of nitrogens with zero attached hydrogens (tertiary/aromatic N) is 2. The zero-order valence-electron chi connectivity index (χ0n) is 6.37. The van der Waals surface area contributed by atoms with E-state index in [2.05, 4.69) is 9.97 Å². The van der Waals surface area contributed by atoms with Crippen molar-refractivity contribution in [3.05, 3.63) is 17.5 Å². The van der Waals surface area contributed by atoms with E-state index in [9.17, 15) is 4.79 Å². The van der Waals surface area contributed by atoms with Crippen molar-refractivity contribution < 1.29 is 9.53 Å². The molecule has 1 aromatic rings. The average Bonchev–Trinajstić information content (AvgIpc) is 2.04. The Morgan fingerprint density at radius 2 is 2.36 bits per heavy atom. The summed E-state index contributed by atoms with van der Waals surface area (Å²) in [6.07, 6.45) is 2.16. The van der Waals surface area contributed by atoms with Crippen molar-refractivity contribution in [2.24, 2.45) is 0 Å². The molecule has 0 aliphatic heterocycles. The number of methoxy groups -OCH3 is 1.